The first-order valence-corrected chi connectivity index (χ1v) is 8.71. The van der Waals surface area contributed by atoms with Crippen molar-refractivity contribution in [2.45, 2.75) is 39.2 Å². The Labute approximate surface area is 166 Å². The van der Waals surface area contributed by atoms with Crippen molar-refractivity contribution >= 4 is 36.0 Å². The van der Waals surface area contributed by atoms with Gasteiger partial charge in [-0.15, -0.1) is 24.0 Å². The summed E-state index contributed by atoms with van der Waals surface area (Å²) in [6.45, 7) is 7.20. The van der Waals surface area contributed by atoms with E-state index in [1.807, 2.05) is 26.0 Å². The first-order valence-electron chi connectivity index (χ1n) is 8.71. The minimum Gasteiger partial charge on any atom is -0.469 e. The van der Waals surface area contributed by atoms with Crippen molar-refractivity contribution in [3.8, 4) is 0 Å². The molecule has 0 atom stereocenters. The summed E-state index contributed by atoms with van der Waals surface area (Å²) in [6, 6.07) is 4.16. The molecule has 2 N–H and O–H groups in total. The van der Waals surface area contributed by atoms with E-state index in [2.05, 4.69) is 15.6 Å². The van der Waals surface area contributed by atoms with Crippen molar-refractivity contribution in [2.24, 2.45) is 4.99 Å². The van der Waals surface area contributed by atoms with Gasteiger partial charge in [-0.3, -0.25) is 4.99 Å². The molecular formula is C17H29IN4O3. The second kappa shape index (κ2) is 12.0. The fraction of sp³-hybridized carbons (Fsp3) is 0.647. The number of nitrogens with one attached hydrogen (secondary N) is 2. The first kappa shape index (κ1) is 21.6. The molecule has 7 nitrogen and oxygen atoms in total. The second-order valence-corrected chi connectivity index (χ2v) is 5.69. The molecule has 0 spiro atoms. The quantitative estimate of drug-likeness (QED) is 0.385. The molecule has 142 valence electrons. The van der Waals surface area contributed by atoms with Crippen molar-refractivity contribution in [3.05, 3.63) is 24.2 Å². The smallest absolute Gasteiger partial charge is 0.409 e. The molecule has 0 aliphatic carbocycles. The number of hydrogen-bond donors (Lipinski definition) is 2. The van der Waals surface area contributed by atoms with Gasteiger partial charge in [0.1, 0.15) is 5.76 Å². The molecule has 1 aliphatic rings. The number of hydrogen-bond acceptors (Lipinski definition) is 4. The van der Waals surface area contributed by atoms with Gasteiger partial charge in [0, 0.05) is 38.6 Å². The fourth-order valence-corrected chi connectivity index (χ4v) is 2.67. The summed E-state index contributed by atoms with van der Waals surface area (Å²) in [7, 11) is 0. The van der Waals surface area contributed by atoms with Crippen LogP contribution in [0.1, 0.15) is 32.4 Å². The van der Waals surface area contributed by atoms with Gasteiger partial charge in [-0.1, -0.05) is 0 Å². The van der Waals surface area contributed by atoms with E-state index < -0.39 is 0 Å². The molecule has 0 aromatic carbocycles. The maximum Gasteiger partial charge on any atom is 0.409 e. The summed E-state index contributed by atoms with van der Waals surface area (Å²) in [5.74, 6) is 1.76. The van der Waals surface area contributed by atoms with Gasteiger partial charge in [-0.25, -0.2) is 4.79 Å². The SMILES string of the molecule is CCNC(=NCCc1ccco1)NC1CCN(C(=O)OCC)CC1.I. The molecule has 1 amide bonds. The number of guanidine groups is 1. The lowest BCUT2D eigenvalue weighted by atomic mass is 10.1. The molecule has 0 bridgehead atoms. The zero-order chi connectivity index (χ0) is 17.2. The lowest BCUT2D eigenvalue weighted by Crippen LogP contribution is -2.50. The number of piperidine rings is 1. The van der Waals surface area contributed by atoms with Gasteiger partial charge in [-0.05, 0) is 38.8 Å². The van der Waals surface area contributed by atoms with Gasteiger partial charge < -0.3 is 24.7 Å². The Morgan fingerprint density at radius 2 is 2.16 bits per heavy atom. The highest BCUT2D eigenvalue weighted by molar-refractivity contribution is 14.0. The average Bonchev–Trinajstić information content (AvgIpc) is 3.09. The highest BCUT2D eigenvalue weighted by atomic mass is 127. The zero-order valence-electron chi connectivity index (χ0n) is 15.0. The Bertz CT molecular complexity index is 514. The fourth-order valence-electron chi connectivity index (χ4n) is 2.67. The number of furan rings is 1. The Balaban J connectivity index is 0.00000312. The zero-order valence-corrected chi connectivity index (χ0v) is 17.3. The van der Waals surface area contributed by atoms with E-state index in [9.17, 15) is 4.79 Å². The van der Waals surface area contributed by atoms with Crippen LogP contribution in [0.5, 0.6) is 0 Å². The number of likely N-dealkylation sites (tertiary alicyclic amines) is 1. The van der Waals surface area contributed by atoms with Gasteiger partial charge in [0.15, 0.2) is 5.96 Å². The number of carbonyl (C=O) groups excluding carboxylic acids is 1. The number of nitrogens with zero attached hydrogens (tertiary/aromatic N) is 2. The first-order chi connectivity index (χ1) is 11.7. The van der Waals surface area contributed by atoms with Crippen LogP contribution >= 0.6 is 24.0 Å². The maximum atomic E-state index is 11.7. The van der Waals surface area contributed by atoms with Gasteiger partial charge in [0.25, 0.3) is 0 Å². The normalized spacial score (nSPS) is 15.4. The highest BCUT2D eigenvalue weighted by Gasteiger charge is 2.23. The summed E-state index contributed by atoms with van der Waals surface area (Å²) in [6.07, 6.45) is 4.03. The summed E-state index contributed by atoms with van der Waals surface area (Å²) < 4.78 is 10.4. The number of rotatable bonds is 6. The summed E-state index contributed by atoms with van der Waals surface area (Å²) in [4.78, 5) is 18.1. The third-order valence-corrected chi connectivity index (χ3v) is 3.91. The van der Waals surface area contributed by atoms with Crippen LogP contribution < -0.4 is 10.6 Å². The van der Waals surface area contributed by atoms with Gasteiger partial charge in [0.05, 0.1) is 12.9 Å². The number of amides is 1. The van der Waals surface area contributed by atoms with Gasteiger partial charge in [0.2, 0.25) is 0 Å². The molecule has 1 saturated heterocycles. The van der Waals surface area contributed by atoms with Crippen LogP contribution in [-0.2, 0) is 11.2 Å². The summed E-state index contributed by atoms with van der Waals surface area (Å²) >= 11 is 0. The van der Waals surface area contributed by atoms with Crippen LogP contribution in [0.4, 0.5) is 4.79 Å². The molecular weight excluding hydrogens is 435 g/mol. The minimum atomic E-state index is -0.213. The van der Waals surface area contributed by atoms with Crippen LogP contribution in [0.25, 0.3) is 0 Å². The molecule has 0 saturated carbocycles. The van der Waals surface area contributed by atoms with E-state index in [1.54, 1.807) is 11.2 Å². The van der Waals surface area contributed by atoms with Crippen LogP contribution in [0.15, 0.2) is 27.8 Å². The molecule has 1 fully saturated rings. The van der Waals surface area contributed by atoms with Crippen LogP contribution in [0.3, 0.4) is 0 Å². The second-order valence-electron chi connectivity index (χ2n) is 5.69. The maximum absolute atomic E-state index is 11.7. The highest BCUT2D eigenvalue weighted by Crippen LogP contribution is 2.11. The topological polar surface area (TPSA) is 79.1 Å². The number of halogens is 1. The molecule has 0 radical (unpaired) electrons. The molecule has 1 aromatic rings. The number of carbonyl (C=O) groups is 1. The molecule has 1 aromatic heterocycles. The van der Waals surface area contributed by atoms with E-state index in [0.29, 0.717) is 32.3 Å². The minimum absolute atomic E-state index is 0. The molecule has 2 rings (SSSR count). The third kappa shape index (κ3) is 7.54. The largest absolute Gasteiger partial charge is 0.469 e. The van der Waals surface area contributed by atoms with Gasteiger partial charge in [-0.2, -0.15) is 0 Å². The van der Waals surface area contributed by atoms with Crippen LogP contribution in [-0.4, -0.2) is 55.8 Å². The Hall–Kier alpha value is -1.45. The standard InChI is InChI=1S/C17H28N4O3.HI/c1-3-18-16(19-10-7-15-6-5-13-24-15)20-14-8-11-21(12-9-14)17(22)23-4-2;/h5-6,13-14H,3-4,7-12H2,1-2H3,(H2,18,19,20);1H. The predicted octanol–water partition coefficient (Wildman–Crippen LogP) is 2.62. The van der Waals surface area contributed by atoms with Crippen LogP contribution in [0, 0.1) is 0 Å². The Kier molecular flexibility index (Phi) is 10.4. The average molecular weight is 464 g/mol. The lowest BCUT2D eigenvalue weighted by Gasteiger charge is -2.32. The van der Waals surface area contributed by atoms with E-state index in [4.69, 9.17) is 9.15 Å². The Morgan fingerprint density at radius 3 is 2.76 bits per heavy atom. The summed E-state index contributed by atoms with van der Waals surface area (Å²) in [5.41, 5.74) is 0. The van der Waals surface area contributed by atoms with Crippen LogP contribution in [0.2, 0.25) is 0 Å². The van der Waals surface area contributed by atoms with Crippen molar-refractivity contribution in [3.63, 3.8) is 0 Å². The van der Waals surface area contributed by atoms with Crippen molar-refractivity contribution in [1.82, 2.24) is 15.5 Å². The Morgan fingerprint density at radius 1 is 1.40 bits per heavy atom. The third-order valence-electron chi connectivity index (χ3n) is 3.91. The van der Waals surface area contributed by atoms with E-state index in [-0.39, 0.29) is 30.1 Å². The molecule has 0 unspecified atom stereocenters. The van der Waals surface area contributed by atoms with Crippen molar-refractivity contribution < 1.29 is 13.9 Å². The van der Waals surface area contributed by atoms with Crippen molar-refractivity contribution in [2.75, 3.05) is 32.8 Å². The lowest BCUT2D eigenvalue weighted by molar-refractivity contribution is 0.0963. The van der Waals surface area contributed by atoms with E-state index in [0.717, 1.165) is 37.5 Å². The number of aliphatic imine (C=N–C) groups is 1. The molecule has 1 aliphatic heterocycles. The van der Waals surface area contributed by atoms with E-state index in [1.165, 1.54) is 0 Å². The van der Waals surface area contributed by atoms with Crippen molar-refractivity contribution in [1.29, 1.82) is 0 Å². The predicted molar refractivity (Wildman–Crippen MR) is 109 cm³/mol. The summed E-state index contributed by atoms with van der Waals surface area (Å²) in [5, 5.41) is 6.73. The van der Waals surface area contributed by atoms with Gasteiger partial charge >= 0.3 is 6.09 Å². The van der Waals surface area contributed by atoms with E-state index >= 15 is 0 Å². The monoisotopic (exact) mass is 464 g/mol. The molecule has 8 heteroatoms. The number of ether oxygens (including phenoxy) is 1. The molecule has 25 heavy (non-hydrogen) atoms. The molecule has 2 heterocycles.